The summed E-state index contributed by atoms with van der Waals surface area (Å²) in [5.41, 5.74) is 13.2. The molecule has 56 heavy (non-hydrogen) atoms. The van der Waals surface area contributed by atoms with Gasteiger partial charge in [0.2, 0.25) is 0 Å². The first kappa shape index (κ1) is 31.8. The maximum atomic E-state index is 2.46. The van der Waals surface area contributed by atoms with Crippen molar-refractivity contribution in [2.75, 3.05) is 0 Å². The van der Waals surface area contributed by atoms with Gasteiger partial charge in [-0.3, -0.25) is 0 Å². The van der Waals surface area contributed by atoms with Crippen molar-refractivity contribution in [2.45, 2.75) is 19.3 Å². The summed E-state index contributed by atoms with van der Waals surface area (Å²) in [6.45, 7) is 4.83. The van der Waals surface area contributed by atoms with E-state index in [0.29, 0.717) is 0 Å². The Hall–Kier alpha value is -6.54. The van der Waals surface area contributed by atoms with Gasteiger partial charge in [0.15, 0.2) is 0 Å². The number of benzene rings is 10. The highest BCUT2D eigenvalue weighted by Crippen LogP contribution is 2.55. The second-order valence-corrected chi connectivity index (χ2v) is 17.1. The molecule has 0 radical (unpaired) electrons. The van der Waals surface area contributed by atoms with E-state index in [1.807, 2.05) is 11.3 Å². The molecule has 0 saturated carbocycles. The largest absolute Gasteiger partial charge is 0.135 e. The van der Waals surface area contributed by atoms with Gasteiger partial charge in [0.25, 0.3) is 0 Å². The summed E-state index contributed by atoms with van der Waals surface area (Å²) in [6.07, 6.45) is 0. The van der Waals surface area contributed by atoms with Crippen LogP contribution in [0.2, 0.25) is 0 Å². The van der Waals surface area contributed by atoms with Crippen molar-refractivity contribution in [1.29, 1.82) is 0 Å². The maximum Gasteiger partial charge on any atom is 0.0402 e. The van der Waals surface area contributed by atoms with E-state index in [2.05, 4.69) is 196 Å². The fourth-order valence-corrected chi connectivity index (χ4v) is 11.4. The minimum Gasteiger partial charge on any atom is -0.135 e. The van der Waals surface area contributed by atoms with Crippen LogP contribution in [0.25, 0.3) is 108 Å². The number of thiophene rings is 1. The molecule has 0 aliphatic heterocycles. The normalized spacial score (nSPS) is 13.3. The molecule has 0 amide bonds. The zero-order valence-electron chi connectivity index (χ0n) is 31.2. The average Bonchev–Trinajstić information content (AvgIpc) is 3.72. The molecule has 0 atom stereocenters. The molecular formula is C55H36S. The highest BCUT2D eigenvalue weighted by molar-refractivity contribution is 7.26. The molecule has 0 bridgehead atoms. The van der Waals surface area contributed by atoms with Gasteiger partial charge in [-0.15, -0.1) is 11.3 Å². The molecule has 1 heterocycles. The predicted molar refractivity (Wildman–Crippen MR) is 243 cm³/mol. The molecule has 0 spiro atoms. The van der Waals surface area contributed by atoms with Gasteiger partial charge in [-0.2, -0.15) is 0 Å². The van der Waals surface area contributed by atoms with Gasteiger partial charge in [-0.25, -0.2) is 0 Å². The van der Waals surface area contributed by atoms with Crippen LogP contribution in [0.3, 0.4) is 0 Å². The molecule has 1 aromatic heterocycles. The predicted octanol–water partition coefficient (Wildman–Crippen LogP) is 16.0. The van der Waals surface area contributed by atoms with E-state index in [0.717, 1.165) is 0 Å². The first-order valence-electron chi connectivity index (χ1n) is 19.6. The van der Waals surface area contributed by atoms with Crippen LogP contribution >= 0.6 is 11.3 Å². The lowest BCUT2D eigenvalue weighted by Gasteiger charge is -2.22. The second-order valence-electron chi connectivity index (χ2n) is 16.0. The summed E-state index contributed by atoms with van der Waals surface area (Å²) >= 11 is 1.96. The van der Waals surface area contributed by atoms with Gasteiger partial charge in [0.05, 0.1) is 0 Å². The first-order chi connectivity index (χ1) is 27.5. The number of hydrogen-bond acceptors (Lipinski definition) is 1. The van der Waals surface area contributed by atoms with Crippen LogP contribution in [-0.4, -0.2) is 0 Å². The Kier molecular flexibility index (Phi) is 6.66. The third kappa shape index (κ3) is 4.53. The summed E-state index contributed by atoms with van der Waals surface area (Å²) in [6, 6.07) is 68.1. The molecule has 0 unspecified atom stereocenters. The van der Waals surface area contributed by atoms with E-state index in [9.17, 15) is 0 Å². The first-order valence-corrected chi connectivity index (χ1v) is 20.4. The van der Waals surface area contributed by atoms with Crippen LogP contribution < -0.4 is 0 Å². The van der Waals surface area contributed by atoms with E-state index in [1.165, 1.54) is 119 Å². The Labute approximate surface area is 329 Å². The van der Waals surface area contributed by atoms with Crippen molar-refractivity contribution in [3.8, 4) is 44.5 Å². The zero-order chi connectivity index (χ0) is 37.1. The molecule has 1 aliphatic rings. The van der Waals surface area contributed by atoms with Gasteiger partial charge < -0.3 is 0 Å². The quantitative estimate of drug-likeness (QED) is 0.159. The fourth-order valence-electron chi connectivity index (χ4n) is 9.92. The number of rotatable bonds is 3. The SMILES string of the molecule is CC1(C)c2cc3ccccc3cc2-c2ccc3c(sc4cc(-c5c6ccccc6c(-c6ccc7cc(-c8ccccc8)ccc7c6)c6ccccc56)ccc43)c21. The zero-order valence-corrected chi connectivity index (χ0v) is 32.0. The Balaban J connectivity index is 1.04. The fraction of sp³-hybridized carbons (Fsp3) is 0.0545. The lowest BCUT2D eigenvalue weighted by molar-refractivity contribution is 0.668. The highest BCUT2D eigenvalue weighted by Gasteiger charge is 2.38. The number of hydrogen-bond donors (Lipinski definition) is 0. The van der Waals surface area contributed by atoms with Crippen LogP contribution in [0.15, 0.2) is 182 Å². The minimum absolute atomic E-state index is 0.0902. The highest BCUT2D eigenvalue weighted by atomic mass is 32.1. The van der Waals surface area contributed by atoms with Gasteiger partial charge in [-0.1, -0.05) is 166 Å². The van der Waals surface area contributed by atoms with Crippen LogP contribution in [0.4, 0.5) is 0 Å². The van der Waals surface area contributed by atoms with Crippen molar-refractivity contribution in [3.05, 3.63) is 193 Å². The Morgan fingerprint density at radius 3 is 1.55 bits per heavy atom. The average molecular weight is 729 g/mol. The van der Waals surface area contributed by atoms with Crippen LogP contribution in [-0.2, 0) is 5.41 Å². The van der Waals surface area contributed by atoms with Crippen LogP contribution in [0.1, 0.15) is 25.0 Å². The van der Waals surface area contributed by atoms with Crippen LogP contribution in [0, 0.1) is 0 Å². The van der Waals surface area contributed by atoms with E-state index in [4.69, 9.17) is 0 Å². The summed E-state index contributed by atoms with van der Waals surface area (Å²) in [4.78, 5) is 0. The third-order valence-corrected chi connectivity index (χ3v) is 13.8. The minimum atomic E-state index is -0.0902. The molecule has 11 aromatic rings. The molecule has 1 aliphatic carbocycles. The molecule has 0 saturated heterocycles. The standard InChI is InChI=1S/C55H36S/c1-55(2)49-31-35-15-7-6-14-34(35)30-48(49)46-26-27-47-41-25-24-40(32-50(41)56-54(47)53(46)55)52-44-18-10-8-16-42(44)51(43-17-9-11-19-45(43)52)39-23-22-37-28-36(20-21-38(37)29-39)33-12-4-3-5-13-33/h3-32H,1-2H3. The summed E-state index contributed by atoms with van der Waals surface area (Å²) < 4.78 is 2.75. The van der Waals surface area contributed by atoms with Crippen molar-refractivity contribution >= 4 is 74.6 Å². The number of fused-ring (bicyclic) bond motifs is 11. The van der Waals surface area contributed by atoms with Gasteiger partial charge in [-0.05, 0) is 129 Å². The molecule has 0 N–H and O–H groups in total. The lowest BCUT2D eigenvalue weighted by atomic mass is 9.81. The molecule has 12 rings (SSSR count). The smallest absolute Gasteiger partial charge is 0.0402 e. The Bertz CT molecular complexity index is 3380. The lowest BCUT2D eigenvalue weighted by Crippen LogP contribution is -2.15. The maximum absolute atomic E-state index is 2.46. The molecule has 0 fully saturated rings. The second kappa shape index (κ2) is 11.7. The van der Waals surface area contributed by atoms with Crippen molar-refractivity contribution in [1.82, 2.24) is 0 Å². The van der Waals surface area contributed by atoms with E-state index >= 15 is 0 Å². The van der Waals surface area contributed by atoms with Gasteiger partial charge >= 0.3 is 0 Å². The van der Waals surface area contributed by atoms with E-state index in [-0.39, 0.29) is 5.41 Å². The Morgan fingerprint density at radius 1 is 0.357 bits per heavy atom. The molecule has 262 valence electrons. The topological polar surface area (TPSA) is 0 Å². The van der Waals surface area contributed by atoms with Crippen molar-refractivity contribution < 1.29 is 0 Å². The van der Waals surface area contributed by atoms with Gasteiger partial charge in [0.1, 0.15) is 0 Å². The summed E-state index contributed by atoms with van der Waals surface area (Å²) in [5, 5.41) is 12.9. The molecular weight excluding hydrogens is 693 g/mol. The molecule has 1 heteroatoms. The summed E-state index contributed by atoms with van der Waals surface area (Å²) in [5.74, 6) is 0. The Morgan fingerprint density at radius 2 is 0.875 bits per heavy atom. The van der Waals surface area contributed by atoms with Crippen LogP contribution in [0.5, 0.6) is 0 Å². The molecule has 0 nitrogen and oxygen atoms in total. The van der Waals surface area contributed by atoms with E-state index < -0.39 is 0 Å². The van der Waals surface area contributed by atoms with Gasteiger partial charge in [0, 0.05) is 25.6 Å². The summed E-state index contributed by atoms with van der Waals surface area (Å²) in [7, 11) is 0. The van der Waals surface area contributed by atoms with E-state index in [1.54, 1.807) is 0 Å². The third-order valence-electron chi connectivity index (χ3n) is 12.6. The van der Waals surface area contributed by atoms with Crippen molar-refractivity contribution in [2.24, 2.45) is 0 Å². The van der Waals surface area contributed by atoms with Crippen molar-refractivity contribution in [3.63, 3.8) is 0 Å². The molecule has 10 aromatic carbocycles. The monoisotopic (exact) mass is 728 g/mol.